The second-order valence-corrected chi connectivity index (χ2v) is 7.02. The summed E-state index contributed by atoms with van der Waals surface area (Å²) in [6.45, 7) is 3.79. The van der Waals surface area contributed by atoms with Crippen molar-refractivity contribution in [3.05, 3.63) is 46.3 Å². The zero-order valence-electron chi connectivity index (χ0n) is 14.9. The molecule has 1 aromatic heterocycles. The maximum absolute atomic E-state index is 12.4. The second kappa shape index (κ2) is 7.71. The van der Waals surface area contributed by atoms with E-state index in [0.717, 1.165) is 21.8 Å². The fourth-order valence-corrected chi connectivity index (χ4v) is 3.71. The molecular weight excluding hydrogens is 368 g/mol. The van der Waals surface area contributed by atoms with Crippen LogP contribution in [0.15, 0.2) is 30.3 Å². The van der Waals surface area contributed by atoms with Crippen molar-refractivity contribution in [2.45, 2.75) is 26.7 Å². The Bertz CT molecular complexity index is 901. The van der Waals surface area contributed by atoms with Gasteiger partial charge in [-0.3, -0.25) is 19.3 Å². The quantitative estimate of drug-likeness (QED) is 0.629. The van der Waals surface area contributed by atoms with Gasteiger partial charge in [0.25, 0.3) is 5.91 Å². The van der Waals surface area contributed by atoms with Gasteiger partial charge in [0.05, 0.1) is 17.3 Å². The molecule has 3 amide bonds. The Kier molecular flexibility index (Phi) is 5.36. The largest absolute Gasteiger partial charge is 0.462 e. The van der Waals surface area contributed by atoms with Gasteiger partial charge in [0.15, 0.2) is 0 Å². The molecule has 0 unspecified atom stereocenters. The topological polar surface area (TPSA) is 92.8 Å². The number of benzene rings is 1. The van der Waals surface area contributed by atoms with E-state index < -0.39 is 5.97 Å². The fourth-order valence-electron chi connectivity index (χ4n) is 2.75. The van der Waals surface area contributed by atoms with E-state index in [1.54, 1.807) is 44.2 Å². The number of carbonyl (C=O) groups excluding carboxylic acids is 4. The molecular formula is C19H18N2O5S. The predicted molar refractivity (Wildman–Crippen MR) is 101 cm³/mol. The van der Waals surface area contributed by atoms with Gasteiger partial charge in [-0.2, -0.15) is 0 Å². The zero-order valence-corrected chi connectivity index (χ0v) is 15.7. The van der Waals surface area contributed by atoms with Crippen molar-refractivity contribution in [3.8, 4) is 0 Å². The molecule has 1 aliphatic heterocycles. The van der Waals surface area contributed by atoms with Crippen molar-refractivity contribution >= 4 is 45.7 Å². The Morgan fingerprint density at radius 2 is 1.78 bits per heavy atom. The summed E-state index contributed by atoms with van der Waals surface area (Å²) in [6.07, 6.45) is 0.420. The number of ether oxygens (including phenoxy) is 1. The number of imide groups is 1. The van der Waals surface area contributed by atoms with Gasteiger partial charge < -0.3 is 10.1 Å². The first-order valence-electron chi connectivity index (χ1n) is 8.45. The Labute approximate surface area is 159 Å². The molecule has 7 nitrogen and oxygen atoms in total. The average Bonchev–Trinajstić information content (AvgIpc) is 3.17. The van der Waals surface area contributed by atoms with Crippen LogP contribution in [0.3, 0.4) is 0 Å². The second-order valence-electron chi connectivity index (χ2n) is 5.97. The highest BCUT2D eigenvalue weighted by Gasteiger charge is 2.30. The van der Waals surface area contributed by atoms with Crippen LogP contribution in [0.5, 0.6) is 0 Å². The summed E-state index contributed by atoms with van der Waals surface area (Å²) in [5, 5.41) is 3.28. The van der Waals surface area contributed by atoms with Gasteiger partial charge in [-0.05, 0) is 49.7 Å². The Morgan fingerprint density at radius 3 is 2.37 bits per heavy atom. The lowest BCUT2D eigenvalue weighted by Crippen LogP contribution is -2.28. The first-order valence-corrected chi connectivity index (χ1v) is 9.27. The predicted octanol–water partition coefficient (Wildman–Crippen LogP) is 3.14. The lowest BCUT2D eigenvalue weighted by atomic mass is 10.2. The number of esters is 1. The van der Waals surface area contributed by atoms with Gasteiger partial charge in [0, 0.05) is 18.4 Å². The van der Waals surface area contributed by atoms with Crippen LogP contribution in [0.1, 0.15) is 45.4 Å². The van der Waals surface area contributed by atoms with E-state index >= 15 is 0 Å². The van der Waals surface area contributed by atoms with Crippen LogP contribution in [0.25, 0.3) is 0 Å². The summed E-state index contributed by atoms with van der Waals surface area (Å²) in [5.41, 5.74) is 1.56. The van der Waals surface area contributed by atoms with Crippen LogP contribution in [0.2, 0.25) is 0 Å². The smallest absolute Gasteiger partial charge is 0.348 e. The van der Waals surface area contributed by atoms with Crippen molar-refractivity contribution in [1.29, 1.82) is 0 Å². The van der Waals surface area contributed by atoms with Crippen molar-refractivity contribution in [2.24, 2.45) is 0 Å². The standard InChI is InChI=1S/C19H18N2O5S/c1-3-26-19(25)17-11(2)10-14(27-17)20-18(24)12-4-6-13(7-5-12)21-15(22)8-9-16(21)23/h4-7,10H,3,8-9H2,1-2H3,(H,20,24). The van der Waals surface area contributed by atoms with E-state index in [9.17, 15) is 19.2 Å². The highest BCUT2D eigenvalue weighted by atomic mass is 32.1. The summed E-state index contributed by atoms with van der Waals surface area (Å²) < 4.78 is 4.99. The summed E-state index contributed by atoms with van der Waals surface area (Å²) in [6, 6.07) is 7.96. The van der Waals surface area contributed by atoms with E-state index in [-0.39, 0.29) is 37.2 Å². The number of nitrogens with one attached hydrogen (secondary N) is 1. The van der Waals surface area contributed by atoms with Gasteiger partial charge >= 0.3 is 5.97 Å². The molecule has 0 saturated carbocycles. The van der Waals surface area contributed by atoms with Gasteiger partial charge in [0.2, 0.25) is 11.8 Å². The molecule has 0 bridgehead atoms. The molecule has 1 fully saturated rings. The van der Waals surface area contributed by atoms with Crippen LogP contribution in [-0.4, -0.2) is 30.3 Å². The zero-order chi connectivity index (χ0) is 19.6. The van der Waals surface area contributed by atoms with Gasteiger partial charge in [0.1, 0.15) is 4.88 Å². The van der Waals surface area contributed by atoms with Gasteiger partial charge in [-0.15, -0.1) is 11.3 Å². The van der Waals surface area contributed by atoms with E-state index in [0.29, 0.717) is 21.1 Å². The summed E-state index contributed by atoms with van der Waals surface area (Å²) >= 11 is 1.15. The minimum Gasteiger partial charge on any atom is -0.462 e. The highest BCUT2D eigenvalue weighted by molar-refractivity contribution is 7.18. The molecule has 2 aromatic rings. The normalized spacial score (nSPS) is 13.8. The molecule has 0 spiro atoms. The average molecular weight is 386 g/mol. The number of nitrogens with zero attached hydrogens (tertiary/aromatic N) is 1. The van der Waals surface area contributed by atoms with Crippen molar-refractivity contribution in [2.75, 3.05) is 16.8 Å². The first kappa shape index (κ1) is 18.8. The molecule has 1 saturated heterocycles. The van der Waals surface area contributed by atoms with Crippen LogP contribution in [0.4, 0.5) is 10.7 Å². The lowest BCUT2D eigenvalue weighted by molar-refractivity contribution is -0.121. The number of carbonyl (C=O) groups is 4. The molecule has 0 atom stereocenters. The van der Waals surface area contributed by atoms with E-state index in [1.807, 2.05) is 0 Å². The van der Waals surface area contributed by atoms with E-state index in [2.05, 4.69) is 5.32 Å². The van der Waals surface area contributed by atoms with Crippen LogP contribution < -0.4 is 10.2 Å². The molecule has 8 heteroatoms. The lowest BCUT2D eigenvalue weighted by Gasteiger charge is -2.14. The van der Waals surface area contributed by atoms with Crippen molar-refractivity contribution in [1.82, 2.24) is 0 Å². The number of thiophene rings is 1. The maximum Gasteiger partial charge on any atom is 0.348 e. The molecule has 140 valence electrons. The number of amides is 3. The van der Waals surface area contributed by atoms with Crippen LogP contribution in [0, 0.1) is 6.92 Å². The molecule has 2 heterocycles. The van der Waals surface area contributed by atoms with E-state index in [1.165, 1.54) is 0 Å². The Hall–Kier alpha value is -3.00. The SMILES string of the molecule is CCOC(=O)c1sc(NC(=O)c2ccc(N3C(=O)CCC3=O)cc2)cc1C. The minimum absolute atomic E-state index is 0.210. The Morgan fingerprint density at radius 1 is 1.15 bits per heavy atom. The third-order valence-electron chi connectivity index (χ3n) is 4.05. The van der Waals surface area contributed by atoms with Crippen LogP contribution >= 0.6 is 11.3 Å². The van der Waals surface area contributed by atoms with Gasteiger partial charge in [-0.25, -0.2) is 4.79 Å². The highest BCUT2D eigenvalue weighted by Crippen LogP contribution is 2.28. The van der Waals surface area contributed by atoms with Crippen molar-refractivity contribution in [3.63, 3.8) is 0 Å². The molecule has 1 N–H and O–H groups in total. The third-order valence-corrected chi connectivity index (χ3v) is 5.19. The molecule has 1 aliphatic rings. The molecule has 27 heavy (non-hydrogen) atoms. The number of aryl methyl sites for hydroxylation is 1. The minimum atomic E-state index is -0.412. The monoisotopic (exact) mass is 386 g/mol. The van der Waals surface area contributed by atoms with Gasteiger partial charge in [-0.1, -0.05) is 0 Å². The summed E-state index contributed by atoms with van der Waals surface area (Å²) in [4.78, 5) is 49.4. The molecule has 1 aromatic carbocycles. The summed E-state index contributed by atoms with van der Waals surface area (Å²) in [7, 11) is 0. The van der Waals surface area contributed by atoms with Crippen LogP contribution in [-0.2, 0) is 14.3 Å². The fraction of sp³-hybridized carbons (Fsp3) is 0.263. The molecule has 3 rings (SSSR count). The maximum atomic E-state index is 12.4. The number of anilines is 2. The number of hydrogen-bond acceptors (Lipinski definition) is 6. The van der Waals surface area contributed by atoms with E-state index in [4.69, 9.17) is 4.74 Å². The number of hydrogen-bond donors (Lipinski definition) is 1. The first-order chi connectivity index (χ1) is 12.9. The Balaban J connectivity index is 1.72. The molecule has 0 radical (unpaired) electrons. The number of rotatable bonds is 5. The molecule has 0 aliphatic carbocycles. The third kappa shape index (κ3) is 3.90. The van der Waals surface area contributed by atoms with Crippen molar-refractivity contribution < 1.29 is 23.9 Å². The summed E-state index contributed by atoms with van der Waals surface area (Å²) in [5.74, 6) is -1.24.